The molecule has 2 rings (SSSR count). The maximum atomic E-state index is 12.3. The highest BCUT2D eigenvalue weighted by atomic mass is 16.6. The van der Waals surface area contributed by atoms with Gasteiger partial charge in [0.25, 0.3) is 5.91 Å². The number of rotatable bonds is 8. The molecule has 26 heavy (non-hydrogen) atoms. The number of amides is 2. The molecule has 1 fully saturated rings. The first-order valence-corrected chi connectivity index (χ1v) is 9.42. The Morgan fingerprint density at radius 3 is 2.50 bits per heavy atom. The van der Waals surface area contributed by atoms with E-state index in [0.717, 1.165) is 13.0 Å². The lowest BCUT2D eigenvalue weighted by atomic mass is 10.1. The molecule has 8 nitrogen and oxygen atoms in total. The lowest BCUT2D eigenvalue weighted by Crippen LogP contribution is -2.46. The van der Waals surface area contributed by atoms with E-state index in [0.29, 0.717) is 44.0 Å². The molecular weight excluding hydrogens is 334 g/mol. The van der Waals surface area contributed by atoms with E-state index in [1.165, 1.54) is 25.2 Å². The maximum absolute atomic E-state index is 12.3. The van der Waals surface area contributed by atoms with Crippen molar-refractivity contribution in [3.05, 3.63) is 18.0 Å². The van der Waals surface area contributed by atoms with Crippen molar-refractivity contribution in [1.29, 1.82) is 0 Å². The van der Waals surface area contributed by atoms with Gasteiger partial charge >= 0.3 is 6.09 Å². The first-order valence-electron chi connectivity index (χ1n) is 9.42. The molecule has 0 aromatic carbocycles. The molecule has 8 heteroatoms. The van der Waals surface area contributed by atoms with E-state index in [1.54, 1.807) is 11.8 Å². The zero-order valence-electron chi connectivity index (χ0n) is 15.7. The molecule has 0 bridgehead atoms. The second kappa shape index (κ2) is 10.6. The van der Waals surface area contributed by atoms with Crippen LogP contribution in [0.3, 0.4) is 0 Å². The van der Waals surface area contributed by atoms with E-state index in [4.69, 9.17) is 4.74 Å². The average molecular weight is 363 g/mol. The molecule has 1 aliphatic heterocycles. The Balaban J connectivity index is 1.75. The Bertz CT molecular complexity index is 571. The molecule has 1 aromatic rings. The molecule has 1 saturated heterocycles. The quantitative estimate of drug-likeness (QED) is 0.689. The number of carbonyl (C=O) groups excluding carboxylic acids is 2. The van der Waals surface area contributed by atoms with E-state index >= 15 is 0 Å². The lowest BCUT2D eigenvalue weighted by molar-refractivity contribution is 0.0859. The molecule has 1 aromatic heterocycles. The monoisotopic (exact) mass is 363 g/mol. The summed E-state index contributed by atoms with van der Waals surface area (Å²) in [5.74, 6) is 0.359. The van der Waals surface area contributed by atoms with Crippen LogP contribution in [0.25, 0.3) is 0 Å². The topological polar surface area (TPSA) is 96.5 Å². The molecule has 2 amide bonds. The number of nitrogens with zero attached hydrogens (tertiary/aromatic N) is 3. The second-order valence-electron chi connectivity index (χ2n) is 6.36. The summed E-state index contributed by atoms with van der Waals surface area (Å²) >= 11 is 0. The van der Waals surface area contributed by atoms with E-state index in [-0.39, 0.29) is 18.0 Å². The van der Waals surface area contributed by atoms with Crippen molar-refractivity contribution < 1.29 is 14.3 Å². The third kappa shape index (κ3) is 6.16. The van der Waals surface area contributed by atoms with Gasteiger partial charge in [0.1, 0.15) is 0 Å². The van der Waals surface area contributed by atoms with Crippen molar-refractivity contribution in [3.63, 3.8) is 0 Å². The van der Waals surface area contributed by atoms with Crippen molar-refractivity contribution in [3.8, 4) is 0 Å². The predicted molar refractivity (Wildman–Crippen MR) is 99.1 cm³/mol. The predicted octanol–water partition coefficient (Wildman–Crippen LogP) is 2.43. The Kier molecular flexibility index (Phi) is 8.11. The summed E-state index contributed by atoms with van der Waals surface area (Å²) in [6, 6.07) is 0.0417. The zero-order valence-corrected chi connectivity index (χ0v) is 15.7. The summed E-state index contributed by atoms with van der Waals surface area (Å²) in [6.07, 6.45) is 7.63. The number of piperidine rings is 1. The minimum absolute atomic E-state index is 0.0417. The Morgan fingerprint density at radius 2 is 1.88 bits per heavy atom. The highest BCUT2D eigenvalue weighted by molar-refractivity contribution is 5.93. The molecule has 144 valence electrons. The molecule has 1 aliphatic rings. The largest absolute Gasteiger partial charge is 0.450 e. The van der Waals surface area contributed by atoms with Crippen LogP contribution in [0.5, 0.6) is 0 Å². The average Bonchev–Trinajstić information content (AvgIpc) is 2.66. The standard InChI is InChI=1S/C18H29N5O3/c1-3-5-6-9-19-17-20-12-14(13-21-17)16(24)22-15-7-10-23(11-8-15)18(25)26-4-2/h12-13,15H,3-11H2,1-2H3,(H,22,24)(H,19,20,21). The van der Waals surface area contributed by atoms with Gasteiger partial charge in [-0.2, -0.15) is 0 Å². The number of anilines is 1. The van der Waals surface area contributed by atoms with Gasteiger partial charge in [-0.1, -0.05) is 19.8 Å². The summed E-state index contributed by atoms with van der Waals surface area (Å²) in [4.78, 5) is 34.1. The molecule has 2 heterocycles. The van der Waals surface area contributed by atoms with Crippen LogP contribution in [0.15, 0.2) is 12.4 Å². The van der Waals surface area contributed by atoms with Crippen molar-refractivity contribution in [2.45, 2.75) is 52.0 Å². The number of hydrogen-bond donors (Lipinski definition) is 2. The van der Waals surface area contributed by atoms with Crippen molar-refractivity contribution in [2.24, 2.45) is 0 Å². The third-order valence-corrected chi connectivity index (χ3v) is 4.33. The summed E-state index contributed by atoms with van der Waals surface area (Å²) in [5, 5.41) is 6.14. The highest BCUT2D eigenvalue weighted by Crippen LogP contribution is 2.12. The van der Waals surface area contributed by atoms with Gasteiger partial charge in [0.2, 0.25) is 5.95 Å². The van der Waals surface area contributed by atoms with Gasteiger partial charge in [0, 0.05) is 38.1 Å². The van der Waals surface area contributed by atoms with Crippen molar-refractivity contribution >= 4 is 17.9 Å². The smallest absolute Gasteiger partial charge is 0.409 e. The Labute approximate surface area is 154 Å². The molecule has 0 spiro atoms. The third-order valence-electron chi connectivity index (χ3n) is 4.33. The summed E-state index contributed by atoms with van der Waals surface area (Å²) in [6.45, 7) is 6.32. The second-order valence-corrected chi connectivity index (χ2v) is 6.36. The Hall–Kier alpha value is -2.38. The molecule has 0 radical (unpaired) electrons. The molecule has 0 aliphatic carbocycles. The van der Waals surface area contributed by atoms with Gasteiger partial charge in [0.15, 0.2) is 0 Å². The normalized spacial score (nSPS) is 14.8. The highest BCUT2D eigenvalue weighted by Gasteiger charge is 2.24. The SMILES string of the molecule is CCCCCNc1ncc(C(=O)NC2CCN(C(=O)OCC)CC2)cn1. The summed E-state index contributed by atoms with van der Waals surface area (Å²) in [7, 11) is 0. The fraction of sp³-hybridized carbons (Fsp3) is 0.667. The van der Waals surface area contributed by atoms with E-state index in [9.17, 15) is 9.59 Å². The van der Waals surface area contributed by atoms with Crippen LogP contribution >= 0.6 is 0 Å². The number of unbranched alkanes of at least 4 members (excludes halogenated alkanes) is 2. The van der Waals surface area contributed by atoms with Gasteiger partial charge in [-0.15, -0.1) is 0 Å². The number of carbonyl (C=O) groups is 2. The van der Waals surface area contributed by atoms with Gasteiger partial charge in [-0.3, -0.25) is 4.79 Å². The van der Waals surface area contributed by atoms with Gasteiger partial charge in [0.05, 0.1) is 12.2 Å². The van der Waals surface area contributed by atoms with Crippen LogP contribution in [0, 0.1) is 0 Å². The summed E-state index contributed by atoms with van der Waals surface area (Å²) < 4.78 is 5.00. The van der Waals surface area contributed by atoms with E-state index < -0.39 is 0 Å². The lowest BCUT2D eigenvalue weighted by Gasteiger charge is -2.31. The fourth-order valence-corrected chi connectivity index (χ4v) is 2.80. The van der Waals surface area contributed by atoms with Crippen LogP contribution in [-0.4, -0.2) is 59.2 Å². The summed E-state index contributed by atoms with van der Waals surface area (Å²) in [5.41, 5.74) is 0.442. The molecule has 0 unspecified atom stereocenters. The Morgan fingerprint density at radius 1 is 1.19 bits per heavy atom. The minimum Gasteiger partial charge on any atom is -0.450 e. The number of nitrogens with one attached hydrogen (secondary N) is 2. The molecule has 0 atom stereocenters. The first kappa shape index (κ1) is 19.9. The number of aromatic nitrogens is 2. The fourth-order valence-electron chi connectivity index (χ4n) is 2.80. The van der Waals surface area contributed by atoms with Gasteiger partial charge in [-0.05, 0) is 26.2 Å². The molecular formula is C18H29N5O3. The van der Waals surface area contributed by atoms with Gasteiger partial charge in [-0.25, -0.2) is 14.8 Å². The van der Waals surface area contributed by atoms with Crippen molar-refractivity contribution in [1.82, 2.24) is 20.2 Å². The number of likely N-dealkylation sites (tertiary alicyclic amines) is 1. The molecule has 2 N–H and O–H groups in total. The van der Waals surface area contributed by atoms with E-state index in [2.05, 4.69) is 27.5 Å². The van der Waals surface area contributed by atoms with Crippen LogP contribution < -0.4 is 10.6 Å². The number of hydrogen-bond acceptors (Lipinski definition) is 6. The number of ether oxygens (including phenoxy) is 1. The van der Waals surface area contributed by atoms with Crippen LogP contribution in [-0.2, 0) is 4.74 Å². The van der Waals surface area contributed by atoms with Crippen LogP contribution in [0.1, 0.15) is 56.3 Å². The van der Waals surface area contributed by atoms with Crippen LogP contribution in [0.2, 0.25) is 0 Å². The van der Waals surface area contributed by atoms with E-state index in [1.807, 2.05) is 0 Å². The first-order chi connectivity index (χ1) is 12.6. The van der Waals surface area contributed by atoms with Crippen LogP contribution in [0.4, 0.5) is 10.7 Å². The minimum atomic E-state index is -0.285. The van der Waals surface area contributed by atoms with Crippen molar-refractivity contribution in [2.75, 3.05) is 31.6 Å². The van der Waals surface area contributed by atoms with Gasteiger partial charge < -0.3 is 20.3 Å². The molecule has 0 saturated carbocycles. The zero-order chi connectivity index (χ0) is 18.8. The maximum Gasteiger partial charge on any atom is 0.409 e.